The summed E-state index contributed by atoms with van der Waals surface area (Å²) in [5, 5.41) is 3.00. The summed E-state index contributed by atoms with van der Waals surface area (Å²) in [5.41, 5.74) is 1.61. The highest BCUT2D eigenvalue weighted by Gasteiger charge is 2.25. The molecule has 7 heteroatoms. The van der Waals surface area contributed by atoms with Gasteiger partial charge in [0.25, 0.3) is 5.91 Å². The Labute approximate surface area is 157 Å². The van der Waals surface area contributed by atoms with Gasteiger partial charge in [0.05, 0.1) is 11.3 Å². The van der Waals surface area contributed by atoms with Crippen LogP contribution in [0.4, 0.5) is 5.69 Å². The van der Waals surface area contributed by atoms with Crippen LogP contribution in [0.2, 0.25) is 0 Å². The van der Waals surface area contributed by atoms with Gasteiger partial charge < -0.3 is 10.2 Å². The molecule has 2 N–H and O–H groups in total. The number of amides is 1. The first-order chi connectivity index (χ1) is 12.3. The lowest BCUT2D eigenvalue weighted by Gasteiger charge is -2.34. The second-order valence-electron chi connectivity index (χ2n) is 7.24. The van der Waals surface area contributed by atoms with Crippen molar-refractivity contribution < 1.29 is 13.2 Å². The number of hydrogen-bond donors (Lipinski definition) is 2. The Morgan fingerprint density at radius 2 is 1.88 bits per heavy atom. The van der Waals surface area contributed by atoms with Crippen LogP contribution >= 0.6 is 0 Å². The molecule has 1 aromatic carbocycles. The minimum atomic E-state index is -3.17. The maximum atomic E-state index is 12.6. The zero-order valence-corrected chi connectivity index (χ0v) is 16.8. The molecule has 0 radical (unpaired) electrons. The van der Waals surface area contributed by atoms with E-state index in [0.717, 1.165) is 38.0 Å². The molecule has 0 saturated carbocycles. The molecule has 0 spiro atoms. The summed E-state index contributed by atoms with van der Waals surface area (Å²) in [6, 6.07) is 7.61. The summed E-state index contributed by atoms with van der Waals surface area (Å²) in [6.07, 6.45) is 2.43. The van der Waals surface area contributed by atoms with Crippen molar-refractivity contribution in [2.45, 2.75) is 46.1 Å². The summed E-state index contributed by atoms with van der Waals surface area (Å²) in [5.74, 6) is 0.610. The SMILES string of the molecule is CCS(=O)(=O)NC1CCN(c2ccccc2C(=O)NCCC(C)C)CC1. The van der Waals surface area contributed by atoms with Crippen LogP contribution in [-0.4, -0.2) is 45.8 Å². The third kappa shape index (κ3) is 5.99. The van der Waals surface area contributed by atoms with Gasteiger partial charge in [0.15, 0.2) is 0 Å². The van der Waals surface area contributed by atoms with Gasteiger partial charge in [-0.05, 0) is 44.2 Å². The quantitative estimate of drug-likeness (QED) is 0.725. The van der Waals surface area contributed by atoms with Crippen LogP contribution < -0.4 is 14.9 Å². The minimum absolute atomic E-state index is 0.0248. The van der Waals surface area contributed by atoms with E-state index >= 15 is 0 Å². The number of nitrogens with zero attached hydrogens (tertiary/aromatic N) is 1. The van der Waals surface area contributed by atoms with E-state index in [2.05, 4.69) is 28.8 Å². The van der Waals surface area contributed by atoms with Gasteiger partial charge in [0.2, 0.25) is 10.0 Å². The molecular weight excluding hydrogens is 350 g/mol. The number of anilines is 1. The lowest BCUT2D eigenvalue weighted by atomic mass is 10.0. The first-order valence-corrected chi connectivity index (χ1v) is 11.1. The van der Waals surface area contributed by atoms with E-state index in [1.54, 1.807) is 6.92 Å². The smallest absolute Gasteiger partial charge is 0.253 e. The fourth-order valence-electron chi connectivity index (χ4n) is 3.09. The van der Waals surface area contributed by atoms with Gasteiger partial charge >= 0.3 is 0 Å². The zero-order valence-electron chi connectivity index (χ0n) is 16.0. The monoisotopic (exact) mass is 381 g/mol. The molecule has 26 heavy (non-hydrogen) atoms. The second-order valence-corrected chi connectivity index (χ2v) is 9.28. The molecule has 0 aliphatic carbocycles. The Balaban J connectivity index is 1.99. The number of benzene rings is 1. The zero-order chi connectivity index (χ0) is 19.2. The number of rotatable bonds is 8. The molecule has 1 amide bonds. The van der Waals surface area contributed by atoms with Crippen LogP contribution in [0.5, 0.6) is 0 Å². The number of carbonyl (C=O) groups is 1. The number of piperidine rings is 1. The van der Waals surface area contributed by atoms with Crippen molar-refractivity contribution in [2.24, 2.45) is 5.92 Å². The maximum Gasteiger partial charge on any atom is 0.253 e. The van der Waals surface area contributed by atoms with Gasteiger partial charge in [-0.15, -0.1) is 0 Å². The molecule has 0 aromatic heterocycles. The Morgan fingerprint density at radius 1 is 1.23 bits per heavy atom. The summed E-state index contributed by atoms with van der Waals surface area (Å²) < 4.78 is 26.2. The summed E-state index contributed by atoms with van der Waals surface area (Å²) >= 11 is 0. The molecule has 2 rings (SSSR count). The van der Waals surface area contributed by atoms with E-state index in [0.29, 0.717) is 18.0 Å². The third-order valence-corrected chi connectivity index (χ3v) is 6.17. The largest absolute Gasteiger partial charge is 0.371 e. The maximum absolute atomic E-state index is 12.6. The lowest BCUT2D eigenvalue weighted by Crippen LogP contribution is -2.45. The number of para-hydroxylation sites is 1. The fourth-order valence-corrected chi connectivity index (χ4v) is 4.00. The Morgan fingerprint density at radius 3 is 2.50 bits per heavy atom. The van der Waals surface area contributed by atoms with Crippen LogP contribution in [0, 0.1) is 5.92 Å². The Bertz CT molecular complexity index is 696. The molecule has 6 nitrogen and oxygen atoms in total. The fraction of sp³-hybridized carbons (Fsp3) is 0.632. The van der Waals surface area contributed by atoms with Crippen LogP contribution in [0.1, 0.15) is 50.4 Å². The molecule has 1 saturated heterocycles. The molecule has 0 atom stereocenters. The molecular formula is C19H31N3O3S. The number of sulfonamides is 1. The number of hydrogen-bond acceptors (Lipinski definition) is 4. The molecule has 1 aromatic rings. The summed E-state index contributed by atoms with van der Waals surface area (Å²) in [7, 11) is -3.17. The van der Waals surface area contributed by atoms with Crippen molar-refractivity contribution in [3.05, 3.63) is 29.8 Å². The van der Waals surface area contributed by atoms with Crippen molar-refractivity contribution in [1.29, 1.82) is 0 Å². The topological polar surface area (TPSA) is 78.5 Å². The molecule has 1 fully saturated rings. The van der Waals surface area contributed by atoms with Crippen LogP contribution in [0.25, 0.3) is 0 Å². The Hall–Kier alpha value is -1.60. The van der Waals surface area contributed by atoms with Gasteiger partial charge in [0, 0.05) is 31.4 Å². The number of nitrogens with one attached hydrogen (secondary N) is 2. The van der Waals surface area contributed by atoms with Crippen LogP contribution in [0.3, 0.4) is 0 Å². The van der Waals surface area contributed by atoms with Gasteiger partial charge in [-0.2, -0.15) is 0 Å². The highest BCUT2D eigenvalue weighted by molar-refractivity contribution is 7.89. The predicted molar refractivity (Wildman–Crippen MR) is 106 cm³/mol. The third-order valence-electron chi connectivity index (χ3n) is 4.72. The van der Waals surface area contributed by atoms with E-state index in [4.69, 9.17) is 0 Å². The van der Waals surface area contributed by atoms with Gasteiger partial charge in [-0.1, -0.05) is 26.0 Å². The molecule has 1 heterocycles. The van der Waals surface area contributed by atoms with Crippen molar-refractivity contribution >= 4 is 21.6 Å². The van der Waals surface area contributed by atoms with Crippen LogP contribution in [0.15, 0.2) is 24.3 Å². The van der Waals surface area contributed by atoms with Crippen molar-refractivity contribution in [1.82, 2.24) is 10.0 Å². The van der Waals surface area contributed by atoms with E-state index in [9.17, 15) is 13.2 Å². The molecule has 1 aliphatic rings. The number of carbonyl (C=O) groups excluding carboxylic acids is 1. The van der Waals surface area contributed by atoms with Gasteiger partial charge in [-0.25, -0.2) is 13.1 Å². The highest BCUT2D eigenvalue weighted by atomic mass is 32.2. The molecule has 0 unspecified atom stereocenters. The minimum Gasteiger partial charge on any atom is -0.371 e. The highest BCUT2D eigenvalue weighted by Crippen LogP contribution is 2.24. The standard InChI is InChI=1S/C19H31N3O3S/c1-4-26(24,25)21-16-10-13-22(14-11-16)18-8-6-5-7-17(18)19(23)20-12-9-15(2)3/h5-8,15-16,21H,4,9-14H2,1-3H3,(H,20,23). The molecule has 146 valence electrons. The predicted octanol–water partition coefficient (Wildman–Crippen LogP) is 2.37. The summed E-state index contributed by atoms with van der Waals surface area (Å²) in [6.45, 7) is 8.05. The average molecular weight is 382 g/mol. The summed E-state index contributed by atoms with van der Waals surface area (Å²) in [4.78, 5) is 14.7. The van der Waals surface area contributed by atoms with Crippen molar-refractivity contribution in [3.8, 4) is 0 Å². The van der Waals surface area contributed by atoms with Crippen molar-refractivity contribution in [3.63, 3.8) is 0 Å². The molecule has 1 aliphatic heterocycles. The van der Waals surface area contributed by atoms with E-state index in [1.165, 1.54) is 0 Å². The lowest BCUT2D eigenvalue weighted by molar-refractivity contribution is 0.0952. The Kier molecular flexibility index (Phi) is 7.46. The van der Waals surface area contributed by atoms with Gasteiger partial charge in [0.1, 0.15) is 0 Å². The second kappa shape index (κ2) is 9.37. The van der Waals surface area contributed by atoms with Gasteiger partial charge in [-0.3, -0.25) is 4.79 Å². The van der Waals surface area contributed by atoms with Crippen LogP contribution in [-0.2, 0) is 10.0 Å². The first-order valence-electron chi connectivity index (χ1n) is 9.44. The first kappa shape index (κ1) is 20.7. The van der Waals surface area contributed by atoms with E-state index < -0.39 is 10.0 Å². The van der Waals surface area contributed by atoms with E-state index in [-0.39, 0.29) is 17.7 Å². The van der Waals surface area contributed by atoms with E-state index in [1.807, 2.05) is 24.3 Å². The average Bonchev–Trinajstić information content (AvgIpc) is 2.62. The normalized spacial score (nSPS) is 16.1. The van der Waals surface area contributed by atoms with Crippen molar-refractivity contribution in [2.75, 3.05) is 30.3 Å². The molecule has 0 bridgehead atoms.